The van der Waals surface area contributed by atoms with E-state index in [1.165, 1.54) is 0 Å². The molecule has 0 bridgehead atoms. The lowest BCUT2D eigenvalue weighted by atomic mass is 9.89. The van der Waals surface area contributed by atoms with Gasteiger partial charge in [-0.25, -0.2) is 13.2 Å². The van der Waals surface area contributed by atoms with E-state index in [1.807, 2.05) is 19.9 Å². The van der Waals surface area contributed by atoms with Crippen molar-refractivity contribution in [1.29, 1.82) is 0 Å². The van der Waals surface area contributed by atoms with E-state index in [4.69, 9.17) is 4.74 Å². The molecule has 4 rings (SSSR count). The van der Waals surface area contributed by atoms with Crippen molar-refractivity contribution in [2.75, 3.05) is 6.61 Å². The minimum atomic E-state index is -0.828. The van der Waals surface area contributed by atoms with Crippen LogP contribution in [0.2, 0.25) is 0 Å². The molecule has 1 heterocycles. The largest absolute Gasteiger partial charge is 0.378 e. The predicted octanol–water partition coefficient (Wildman–Crippen LogP) is 9.40. The Kier molecular flexibility index (Phi) is 9.03. The third kappa shape index (κ3) is 6.10. The van der Waals surface area contributed by atoms with Crippen LogP contribution < -0.4 is 0 Å². The number of halogens is 3. The van der Waals surface area contributed by atoms with E-state index in [0.717, 1.165) is 44.1 Å². The maximum atomic E-state index is 15.1. The lowest BCUT2D eigenvalue weighted by molar-refractivity contribution is -0.000225. The summed E-state index contributed by atoms with van der Waals surface area (Å²) in [6.45, 7) is 4.67. The first-order chi connectivity index (χ1) is 17.5. The lowest BCUT2D eigenvalue weighted by Gasteiger charge is -2.29. The zero-order valence-electron chi connectivity index (χ0n) is 21.2. The average Bonchev–Trinajstić information content (AvgIpc) is 2.90. The van der Waals surface area contributed by atoms with Gasteiger partial charge in [0.25, 0.3) is 0 Å². The molecule has 2 unspecified atom stereocenters. The Labute approximate surface area is 213 Å². The molecule has 4 heteroatoms. The summed E-state index contributed by atoms with van der Waals surface area (Å²) in [4.78, 5) is 0. The fourth-order valence-electron chi connectivity index (χ4n) is 4.97. The van der Waals surface area contributed by atoms with E-state index in [2.05, 4.69) is 12.2 Å². The van der Waals surface area contributed by atoms with Gasteiger partial charge in [-0.1, -0.05) is 74.0 Å². The first kappa shape index (κ1) is 26.2. The molecule has 0 radical (unpaired) electrons. The normalized spacial score (nSPS) is 18.1. The van der Waals surface area contributed by atoms with Crippen LogP contribution in [0, 0.1) is 17.5 Å². The average molecular weight is 493 g/mol. The zero-order chi connectivity index (χ0) is 25.5. The van der Waals surface area contributed by atoms with Crippen LogP contribution in [0.1, 0.15) is 69.4 Å². The zero-order valence-corrected chi connectivity index (χ0v) is 21.2. The number of hydrogen-bond acceptors (Lipinski definition) is 1. The summed E-state index contributed by atoms with van der Waals surface area (Å²) in [6.07, 6.45) is 10.8. The molecule has 3 aromatic carbocycles. The van der Waals surface area contributed by atoms with Crippen LogP contribution in [0.15, 0.2) is 66.7 Å². The van der Waals surface area contributed by atoms with Crippen molar-refractivity contribution >= 4 is 0 Å². The second-order valence-electron chi connectivity index (χ2n) is 9.70. The molecule has 0 aromatic heterocycles. The lowest BCUT2D eigenvalue weighted by Crippen LogP contribution is -2.24. The Balaban J connectivity index is 1.45. The van der Waals surface area contributed by atoms with Crippen molar-refractivity contribution < 1.29 is 17.9 Å². The van der Waals surface area contributed by atoms with Crippen molar-refractivity contribution in [1.82, 2.24) is 0 Å². The highest BCUT2D eigenvalue weighted by Crippen LogP contribution is 2.34. The molecule has 0 amide bonds. The Bertz CT molecular complexity index is 1170. The van der Waals surface area contributed by atoms with Gasteiger partial charge in [-0.05, 0) is 73.8 Å². The number of aryl methyl sites for hydroxylation is 1. The summed E-state index contributed by atoms with van der Waals surface area (Å²) >= 11 is 0. The first-order valence-electron chi connectivity index (χ1n) is 13.1. The van der Waals surface area contributed by atoms with Crippen LogP contribution in [-0.2, 0) is 11.2 Å². The molecule has 0 N–H and O–H groups in total. The summed E-state index contributed by atoms with van der Waals surface area (Å²) in [5.74, 6) is -1.69. The summed E-state index contributed by atoms with van der Waals surface area (Å²) in [6, 6.07) is 15.6. The van der Waals surface area contributed by atoms with Gasteiger partial charge in [0.05, 0.1) is 12.7 Å². The van der Waals surface area contributed by atoms with Crippen LogP contribution in [-0.4, -0.2) is 12.7 Å². The summed E-state index contributed by atoms with van der Waals surface area (Å²) in [5.41, 5.74) is 3.35. The van der Waals surface area contributed by atoms with Gasteiger partial charge in [0, 0.05) is 17.0 Å². The van der Waals surface area contributed by atoms with Gasteiger partial charge in [-0.3, -0.25) is 0 Å². The molecule has 1 aliphatic heterocycles. The molecule has 0 spiro atoms. The first-order valence-corrected chi connectivity index (χ1v) is 13.1. The number of unbranched alkanes of at least 4 members (excludes halogenated alkanes) is 1. The van der Waals surface area contributed by atoms with Gasteiger partial charge in [0.15, 0.2) is 11.6 Å². The standard InChI is InChI=1S/C32H35F3O/c1-3-5-7-9-27-17-14-26(21-36-27)25-16-18-28(30(33)20-25)22-10-12-23(13-11-22)29-19-15-24(8-6-4-2)31(34)32(29)35/h3,5,10-13,15-16,18-20,26-27H,4,6-9,14,17,21H2,1-2H3/b5-3+. The molecule has 2 atom stereocenters. The third-order valence-electron chi connectivity index (χ3n) is 7.19. The smallest absolute Gasteiger partial charge is 0.166 e. The topological polar surface area (TPSA) is 9.23 Å². The predicted molar refractivity (Wildman–Crippen MR) is 142 cm³/mol. The Morgan fingerprint density at radius 1 is 0.889 bits per heavy atom. The van der Waals surface area contributed by atoms with Gasteiger partial charge >= 0.3 is 0 Å². The molecule has 1 aliphatic rings. The van der Waals surface area contributed by atoms with E-state index in [-0.39, 0.29) is 23.4 Å². The van der Waals surface area contributed by atoms with Crippen molar-refractivity contribution in [3.05, 3.63) is 95.3 Å². The van der Waals surface area contributed by atoms with Crippen LogP contribution in [0.5, 0.6) is 0 Å². The maximum absolute atomic E-state index is 15.1. The molecule has 1 nitrogen and oxygen atoms in total. The van der Waals surface area contributed by atoms with Gasteiger partial charge < -0.3 is 4.74 Å². The highest BCUT2D eigenvalue weighted by atomic mass is 19.2. The second kappa shape index (κ2) is 12.4. The fourth-order valence-corrected chi connectivity index (χ4v) is 4.97. The van der Waals surface area contributed by atoms with Crippen molar-refractivity contribution in [2.24, 2.45) is 0 Å². The maximum Gasteiger partial charge on any atom is 0.166 e. The van der Waals surface area contributed by atoms with E-state index in [1.54, 1.807) is 48.5 Å². The number of rotatable bonds is 9. The second-order valence-corrected chi connectivity index (χ2v) is 9.70. The van der Waals surface area contributed by atoms with Crippen LogP contribution in [0.25, 0.3) is 22.3 Å². The van der Waals surface area contributed by atoms with Crippen LogP contribution >= 0.6 is 0 Å². The van der Waals surface area contributed by atoms with Crippen molar-refractivity contribution in [2.45, 2.75) is 70.8 Å². The van der Waals surface area contributed by atoms with E-state index in [9.17, 15) is 8.78 Å². The van der Waals surface area contributed by atoms with Crippen molar-refractivity contribution in [3.8, 4) is 22.3 Å². The molecule has 36 heavy (non-hydrogen) atoms. The molecular weight excluding hydrogens is 457 g/mol. The highest BCUT2D eigenvalue weighted by molar-refractivity contribution is 5.71. The van der Waals surface area contributed by atoms with Gasteiger partial charge in [-0.2, -0.15) is 0 Å². The van der Waals surface area contributed by atoms with Crippen LogP contribution in [0.4, 0.5) is 13.2 Å². The molecular formula is C32H35F3O. The minimum Gasteiger partial charge on any atom is -0.378 e. The molecule has 190 valence electrons. The molecule has 1 fully saturated rings. The van der Waals surface area contributed by atoms with Crippen LogP contribution in [0.3, 0.4) is 0 Å². The summed E-state index contributed by atoms with van der Waals surface area (Å²) < 4.78 is 50.4. The monoisotopic (exact) mass is 492 g/mol. The van der Waals surface area contributed by atoms with Crippen molar-refractivity contribution in [3.63, 3.8) is 0 Å². The number of allylic oxidation sites excluding steroid dienone is 2. The van der Waals surface area contributed by atoms with E-state index >= 15 is 4.39 Å². The van der Waals surface area contributed by atoms with E-state index < -0.39 is 11.6 Å². The Hall–Kier alpha value is -2.85. The number of hydrogen-bond donors (Lipinski definition) is 0. The number of benzene rings is 3. The van der Waals surface area contributed by atoms with Gasteiger partial charge in [0.1, 0.15) is 5.82 Å². The SMILES string of the molecule is C/C=C/CCC1CCC(c2ccc(-c3ccc(-c4ccc(CCCC)c(F)c4F)cc3)c(F)c2)CO1. The molecule has 3 aromatic rings. The Morgan fingerprint density at radius 3 is 2.25 bits per heavy atom. The molecule has 0 saturated carbocycles. The molecule has 1 saturated heterocycles. The molecule has 0 aliphatic carbocycles. The summed E-state index contributed by atoms with van der Waals surface area (Å²) in [7, 11) is 0. The third-order valence-corrected chi connectivity index (χ3v) is 7.19. The highest BCUT2D eigenvalue weighted by Gasteiger charge is 2.23. The Morgan fingerprint density at radius 2 is 1.61 bits per heavy atom. The van der Waals surface area contributed by atoms with Gasteiger partial charge in [-0.15, -0.1) is 0 Å². The number of ether oxygens (including phenoxy) is 1. The summed E-state index contributed by atoms with van der Waals surface area (Å²) in [5, 5.41) is 0. The quantitative estimate of drug-likeness (QED) is 0.270. The van der Waals surface area contributed by atoms with E-state index in [0.29, 0.717) is 35.3 Å². The minimum absolute atomic E-state index is 0.201. The fraction of sp³-hybridized carbons (Fsp3) is 0.375. The van der Waals surface area contributed by atoms with Gasteiger partial charge in [0.2, 0.25) is 0 Å².